The first-order valence-corrected chi connectivity index (χ1v) is 9.02. The molecule has 0 heterocycles. The van der Waals surface area contributed by atoms with Crippen molar-refractivity contribution in [2.45, 2.75) is 19.4 Å². The van der Waals surface area contributed by atoms with Gasteiger partial charge in [0.15, 0.2) is 5.11 Å². The summed E-state index contributed by atoms with van der Waals surface area (Å²) in [5, 5.41) is 7.18. The largest absolute Gasteiger partial charge is 0.497 e. The Kier molecular flexibility index (Phi) is 7.22. The summed E-state index contributed by atoms with van der Waals surface area (Å²) in [5.74, 6) is 0.830. The number of methoxy groups -OCH3 is 1. The summed E-state index contributed by atoms with van der Waals surface area (Å²) in [4.78, 5) is 1.36. The fourth-order valence-electron chi connectivity index (χ4n) is 2.69. The fourth-order valence-corrected chi connectivity index (χ4v) is 2.89. The van der Waals surface area contributed by atoms with Crippen molar-refractivity contribution >= 4 is 23.0 Å². The molecular weight excluding hydrogens is 330 g/mol. The molecule has 5 heteroatoms. The molecule has 0 aliphatic carbocycles. The normalized spacial score (nSPS) is 11.9. The Morgan fingerprint density at radius 3 is 2.24 bits per heavy atom. The lowest BCUT2D eigenvalue weighted by molar-refractivity contribution is -0.890. The highest BCUT2D eigenvalue weighted by Gasteiger charge is 2.18. The quantitative estimate of drug-likeness (QED) is 0.665. The van der Waals surface area contributed by atoms with E-state index >= 15 is 0 Å². The number of ether oxygens (including phenoxy) is 1. The SMILES string of the molecule is CCc1ccc([C@H](CNC(=S)Nc2ccc(OC)cc2)[NH+](C)C)cc1. The summed E-state index contributed by atoms with van der Waals surface area (Å²) in [7, 11) is 5.99. The van der Waals surface area contributed by atoms with Crippen LogP contribution in [-0.4, -0.2) is 32.9 Å². The van der Waals surface area contributed by atoms with Crippen LogP contribution < -0.4 is 20.3 Å². The molecule has 4 nitrogen and oxygen atoms in total. The topological polar surface area (TPSA) is 37.7 Å². The number of hydrogen-bond acceptors (Lipinski definition) is 2. The molecular formula is C20H28N3OS+. The Bertz CT molecular complexity index is 668. The van der Waals surface area contributed by atoms with Crippen LogP contribution in [0.3, 0.4) is 0 Å². The van der Waals surface area contributed by atoms with E-state index in [4.69, 9.17) is 17.0 Å². The zero-order valence-electron chi connectivity index (χ0n) is 15.4. The van der Waals surface area contributed by atoms with E-state index in [0.29, 0.717) is 11.2 Å². The summed E-state index contributed by atoms with van der Waals surface area (Å²) in [5.41, 5.74) is 3.62. The van der Waals surface area contributed by atoms with Gasteiger partial charge in [-0.15, -0.1) is 0 Å². The van der Waals surface area contributed by atoms with Gasteiger partial charge in [0.05, 0.1) is 27.7 Å². The molecule has 0 amide bonds. The first-order valence-electron chi connectivity index (χ1n) is 8.61. The highest BCUT2D eigenvalue weighted by Crippen LogP contribution is 2.15. The molecule has 0 saturated heterocycles. The summed E-state index contributed by atoms with van der Waals surface area (Å²) in [6.07, 6.45) is 1.06. The smallest absolute Gasteiger partial charge is 0.171 e. The fraction of sp³-hybridized carbons (Fsp3) is 0.350. The van der Waals surface area contributed by atoms with Crippen LogP contribution >= 0.6 is 12.2 Å². The summed E-state index contributed by atoms with van der Waals surface area (Å²) >= 11 is 5.43. The van der Waals surface area contributed by atoms with Crippen LogP contribution in [-0.2, 0) is 6.42 Å². The van der Waals surface area contributed by atoms with Gasteiger partial charge in [-0.05, 0) is 48.5 Å². The number of likely N-dealkylation sites (N-methyl/N-ethyl adjacent to an activating group) is 1. The van der Waals surface area contributed by atoms with Crippen LogP contribution in [0.25, 0.3) is 0 Å². The lowest BCUT2D eigenvalue weighted by atomic mass is 10.0. The minimum atomic E-state index is 0.335. The Morgan fingerprint density at radius 1 is 1.08 bits per heavy atom. The zero-order valence-corrected chi connectivity index (χ0v) is 16.2. The van der Waals surface area contributed by atoms with E-state index in [9.17, 15) is 0 Å². The van der Waals surface area contributed by atoms with Crippen molar-refractivity contribution in [3.05, 3.63) is 59.7 Å². The molecule has 3 N–H and O–H groups in total. The molecule has 0 unspecified atom stereocenters. The van der Waals surface area contributed by atoms with Crippen LogP contribution in [0, 0.1) is 0 Å². The van der Waals surface area contributed by atoms with E-state index in [1.54, 1.807) is 7.11 Å². The van der Waals surface area contributed by atoms with Crippen molar-refractivity contribution in [2.75, 3.05) is 33.1 Å². The summed E-state index contributed by atoms with van der Waals surface area (Å²) in [6, 6.07) is 16.9. The van der Waals surface area contributed by atoms with Gasteiger partial charge >= 0.3 is 0 Å². The molecule has 0 bridgehead atoms. The van der Waals surface area contributed by atoms with Crippen molar-refractivity contribution in [2.24, 2.45) is 0 Å². The van der Waals surface area contributed by atoms with Crippen LogP contribution in [0.15, 0.2) is 48.5 Å². The van der Waals surface area contributed by atoms with E-state index in [1.807, 2.05) is 24.3 Å². The average molecular weight is 359 g/mol. The summed E-state index contributed by atoms with van der Waals surface area (Å²) in [6.45, 7) is 2.95. The van der Waals surface area contributed by atoms with Crippen LogP contribution in [0.1, 0.15) is 24.1 Å². The van der Waals surface area contributed by atoms with E-state index < -0.39 is 0 Å². The molecule has 2 aromatic rings. The van der Waals surface area contributed by atoms with Crippen molar-refractivity contribution < 1.29 is 9.64 Å². The van der Waals surface area contributed by atoms with Gasteiger partial charge in [-0.3, -0.25) is 0 Å². The Labute approximate surface area is 156 Å². The molecule has 1 atom stereocenters. The number of anilines is 1. The number of aryl methyl sites for hydroxylation is 1. The van der Waals surface area contributed by atoms with Gasteiger partial charge in [-0.25, -0.2) is 0 Å². The van der Waals surface area contributed by atoms with Gasteiger partial charge in [-0.1, -0.05) is 31.2 Å². The van der Waals surface area contributed by atoms with Crippen LogP contribution in [0.4, 0.5) is 5.69 Å². The van der Waals surface area contributed by atoms with Gasteiger partial charge in [0, 0.05) is 11.3 Å². The zero-order chi connectivity index (χ0) is 18.2. The molecule has 2 aromatic carbocycles. The molecule has 0 aromatic heterocycles. The van der Waals surface area contributed by atoms with E-state index in [2.05, 4.69) is 55.9 Å². The Balaban J connectivity index is 1.93. The number of quaternary nitrogens is 1. The van der Waals surface area contributed by atoms with Gasteiger partial charge in [-0.2, -0.15) is 0 Å². The second-order valence-corrected chi connectivity index (χ2v) is 6.70. The van der Waals surface area contributed by atoms with Crippen LogP contribution in [0.5, 0.6) is 5.75 Å². The molecule has 134 valence electrons. The number of rotatable bonds is 7. The molecule has 0 aliphatic rings. The van der Waals surface area contributed by atoms with Gasteiger partial charge in [0.2, 0.25) is 0 Å². The maximum atomic E-state index is 5.43. The van der Waals surface area contributed by atoms with E-state index in [0.717, 1.165) is 24.4 Å². The van der Waals surface area contributed by atoms with E-state index in [-0.39, 0.29) is 0 Å². The predicted molar refractivity (Wildman–Crippen MR) is 109 cm³/mol. The number of nitrogens with one attached hydrogen (secondary N) is 3. The molecule has 0 spiro atoms. The molecule has 25 heavy (non-hydrogen) atoms. The first kappa shape index (κ1) is 19.2. The standard InChI is InChI=1S/C20H27N3OS/c1-5-15-6-8-16(9-7-15)19(23(2)3)14-21-20(25)22-17-10-12-18(24-4)13-11-17/h6-13,19H,5,14H2,1-4H3,(H2,21,22,25)/p+1/t19-/m0/s1. The van der Waals surface area contributed by atoms with Crippen molar-refractivity contribution in [3.8, 4) is 5.75 Å². The minimum absolute atomic E-state index is 0.335. The first-order chi connectivity index (χ1) is 12.0. The molecule has 0 aliphatic heterocycles. The molecule has 0 saturated carbocycles. The van der Waals surface area contributed by atoms with E-state index in [1.165, 1.54) is 16.0 Å². The average Bonchev–Trinajstić information content (AvgIpc) is 2.62. The highest BCUT2D eigenvalue weighted by atomic mass is 32.1. The van der Waals surface area contributed by atoms with Crippen molar-refractivity contribution in [1.82, 2.24) is 5.32 Å². The van der Waals surface area contributed by atoms with Crippen molar-refractivity contribution in [3.63, 3.8) is 0 Å². The monoisotopic (exact) mass is 358 g/mol. The minimum Gasteiger partial charge on any atom is -0.497 e. The van der Waals surface area contributed by atoms with Crippen LogP contribution in [0.2, 0.25) is 0 Å². The Hall–Kier alpha value is -2.11. The maximum Gasteiger partial charge on any atom is 0.171 e. The second-order valence-electron chi connectivity index (χ2n) is 6.29. The summed E-state index contributed by atoms with van der Waals surface area (Å²) < 4.78 is 5.17. The third-order valence-electron chi connectivity index (χ3n) is 4.30. The van der Waals surface area contributed by atoms with Gasteiger partial charge in [0.25, 0.3) is 0 Å². The Morgan fingerprint density at radius 2 is 1.72 bits per heavy atom. The number of hydrogen-bond donors (Lipinski definition) is 3. The number of benzene rings is 2. The molecule has 2 rings (SSSR count). The molecule has 0 radical (unpaired) electrons. The predicted octanol–water partition coefficient (Wildman–Crippen LogP) is 2.43. The van der Waals surface area contributed by atoms with Crippen molar-refractivity contribution in [1.29, 1.82) is 0 Å². The van der Waals surface area contributed by atoms with Gasteiger partial charge < -0.3 is 20.3 Å². The number of thiocarbonyl (C=S) groups is 1. The third-order valence-corrected chi connectivity index (χ3v) is 4.55. The lowest BCUT2D eigenvalue weighted by Crippen LogP contribution is -3.07. The molecule has 0 fully saturated rings. The second kappa shape index (κ2) is 9.39. The maximum absolute atomic E-state index is 5.43. The van der Waals surface area contributed by atoms with Gasteiger partial charge in [0.1, 0.15) is 11.8 Å². The highest BCUT2D eigenvalue weighted by molar-refractivity contribution is 7.80. The lowest BCUT2D eigenvalue weighted by Gasteiger charge is -2.23. The third kappa shape index (κ3) is 5.73.